The van der Waals surface area contributed by atoms with Gasteiger partial charge in [0, 0.05) is 11.3 Å². The van der Waals surface area contributed by atoms with Crippen molar-refractivity contribution in [2.45, 2.75) is 25.2 Å². The first-order valence-corrected chi connectivity index (χ1v) is 15.5. The molecule has 1 atom stereocenters. The van der Waals surface area contributed by atoms with E-state index in [4.69, 9.17) is 9.47 Å². The van der Waals surface area contributed by atoms with E-state index in [9.17, 15) is 0 Å². The first-order chi connectivity index (χ1) is 21.7. The van der Waals surface area contributed by atoms with Gasteiger partial charge < -0.3 is 9.47 Å². The maximum absolute atomic E-state index is 5.72. The Bertz CT molecular complexity index is 2190. The van der Waals surface area contributed by atoms with Crippen molar-refractivity contribution in [2.24, 2.45) is 0 Å². The second-order valence-corrected chi connectivity index (χ2v) is 11.9. The summed E-state index contributed by atoms with van der Waals surface area (Å²) in [4.78, 5) is 0. The lowest BCUT2D eigenvalue weighted by Crippen LogP contribution is -2.12. The van der Waals surface area contributed by atoms with Crippen LogP contribution in [0.2, 0.25) is 0 Å². The van der Waals surface area contributed by atoms with Crippen LogP contribution in [-0.4, -0.2) is 14.2 Å². The van der Waals surface area contributed by atoms with Crippen LogP contribution in [0.1, 0.15) is 35.4 Å². The molecule has 0 fully saturated rings. The number of hydrogen-bond donors (Lipinski definition) is 0. The van der Waals surface area contributed by atoms with E-state index in [-0.39, 0.29) is 0 Å². The van der Waals surface area contributed by atoms with Gasteiger partial charge in [0.1, 0.15) is 11.5 Å². The molecular formula is C42H34O2. The van der Waals surface area contributed by atoms with Crippen molar-refractivity contribution in [3.8, 4) is 33.8 Å². The second-order valence-electron chi connectivity index (χ2n) is 11.9. The minimum Gasteiger partial charge on any atom is -0.497 e. The average molecular weight is 571 g/mol. The summed E-state index contributed by atoms with van der Waals surface area (Å²) in [6.07, 6.45) is 3.42. The lowest BCUT2D eigenvalue weighted by Gasteiger charge is -2.29. The first kappa shape index (κ1) is 26.5. The molecule has 0 amide bonds. The topological polar surface area (TPSA) is 18.5 Å². The molecule has 8 rings (SSSR count). The van der Waals surface area contributed by atoms with Crippen LogP contribution < -0.4 is 9.47 Å². The van der Waals surface area contributed by atoms with Gasteiger partial charge in [-0.1, -0.05) is 103 Å². The Morgan fingerprint density at radius 3 is 2.07 bits per heavy atom. The van der Waals surface area contributed by atoms with Crippen LogP contribution in [0.25, 0.3) is 54.6 Å². The van der Waals surface area contributed by atoms with E-state index < -0.39 is 0 Å². The van der Waals surface area contributed by atoms with E-state index in [0.29, 0.717) is 5.92 Å². The van der Waals surface area contributed by atoms with Crippen LogP contribution in [0.4, 0.5) is 0 Å². The molecule has 0 spiro atoms. The summed E-state index contributed by atoms with van der Waals surface area (Å²) in [6.45, 7) is 0. The quantitative estimate of drug-likeness (QED) is 0.205. The predicted octanol–water partition coefficient (Wildman–Crippen LogP) is 11.0. The Hall–Kier alpha value is -5.08. The zero-order chi connectivity index (χ0) is 29.6. The highest BCUT2D eigenvalue weighted by atomic mass is 16.5. The number of hydrogen-bond acceptors (Lipinski definition) is 2. The molecule has 44 heavy (non-hydrogen) atoms. The predicted molar refractivity (Wildman–Crippen MR) is 184 cm³/mol. The van der Waals surface area contributed by atoms with Gasteiger partial charge in [-0.05, 0) is 109 Å². The van der Waals surface area contributed by atoms with Crippen molar-refractivity contribution >= 4 is 32.3 Å². The van der Waals surface area contributed by atoms with Crippen molar-refractivity contribution in [3.63, 3.8) is 0 Å². The van der Waals surface area contributed by atoms with Crippen LogP contribution in [-0.2, 0) is 6.42 Å². The molecule has 0 N–H and O–H groups in total. The van der Waals surface area contributed by atoms with Gasteiger partial charge in [0.2, 0.25) is 0 Å². The zero-order valence-electron chi connectivity index (χ0n) is 25.1. The molecule has 2 nitrogen and oxygen atoms in total. The minimum atomic E-state index is 0.358. The van der Waals surface area contributed by atoms with E-state index in [1.54, 1.807) is 14.2 Å². The number of benzene rings is 7. The highest BCUT2D eigenvalue weighted by Crippen LogP contribution is 2.45. The van der Waals surface area contributed by atoms with Crippen molar-refractivity contribution in [1.29, 1.82) is 0 Å². The molecule has 0 aliphatic heterocycles. The molecule has 7 aromatic rings. The molecule has 0 bridgehead atoms. The largest absolute Gasteiger partial charge is 0.497 e. The Morgan fingerprint density at radius 1 is 0.523 bits per heavy atom. The molecule has 0 heterocycles. The van der Waals surface area contributed by atoms with Crippen LogP contribution in [0.5, 0.6) is 11.5 Å². The molecule has 214 valence electrons. The van der Waals surface area contributed by atoms with Crippen LogP contribution in [0.15, 0.2) is 127 Å². The zero-order valence-corrected chi connectivity index (χ0v) is 25.1. The van der Waals surface area contributed by atoms with Crippen LogP contribution in [0.3, 0.4) is 0 Å². The molecule has 0 radical (unpaired) electrons. The van der Waals surface area contributed by atoms with Gasteiger partial charge in [0.25, 0.3) is 0 Å². The summed E-state index contributed by atoms with van der Waals surface area (Å²) in [7, 11) is 3.48. The molecule has 0 aromatic heterocycles. The summed E-state index contributed by atoms with van der Waals surface area (Å²) in [6, 6.07) is 46.6. The highest BCUT2D eigenvalue weighted by molar-refractivity contribution is 6.06. The minimum absolute atomic E-state index is 0.358. The Balaban J connectivity index is 1.26. The summed E-state index contributed by atoms with van der Waals surface area (Å²) < 4.78 is 11.2. The Kier molecular flexibility index (Phi) is 6.56. The monoisotopic (exact) mass is 570 g/mol. The fourth-order valence-corrected chi connectivity index (χ4v) is 7.50. The average Bonchev–Trinajstić information content (AvgIpc) is 3.09. The third-order valence-corrected chi connectivity index (χ3v) is 9.59. The van der Waals surface area contributed by atoms with Gasteiger partial charge in [-0.15, -0.1) is 0 Å². The molecular weight excluding hydrogens is 536 g/mol. The SMILES string of the molecule is COc1ccc2cc(-c3ccc(-c4cccc5c4CCCC5c4ccc(OC)c5ccccc45)c4ccccc34)ccc2c1. The highest BCUT2D eigenvalue weighted by Gasteiger charge is 2.26. The van der Waals surface area contributed by atoms with Gasteiger partial charge in [-0.25, -0.2) is 0 Å². The van der Waals surface area contributed by atoms with Crippen LogP contribution in [0, 0.1) is 0 Å². The second kappa shape index (κ2) is 10.9. The van der Waals surface area contributed by atoms with E-state index >= 15 is 0 Å². The molecule has 7 aromatic carbocycles. The summed E-state index contributed by atoms with van der Waals surface area (Å²) in [5.74, 6) is 2.18. The van der Waals surface area contributed by atoms with Gasteiger partial charge in [0.15, 0.2) is 0 Å². The standard InChI is InChI=1S/C42H34O2/c1-43-30-20-19-27-25-29(18-17-28(27)26-30)31-21-22-39(33-10-4-3-9-32(31)33)36-15-7-14-35-34(36)13-8-16-37(35)40-23-24-42(44-2)41-12-6-5-11-38(40)41/h3-7,9-12,14-15,17-26,37H,8,13,16H2,1-2H3. The van der Waals surface area contributed by atoms with Crippen molar-refractivity contribution in [3.05, 3.63) is 144 Å². The fourth-order valence-electron chi connectivity index (χ4n) is 7.50. The molecule has 1 aliphatic carbocycles. The van der Waals surface area contributed by atoms with Gasteiger partial charge in [0.05, 0.1) is 14.2 Å². The van der Waals surface area contributed by atoms with E-state index in [1.165, 1.54) is 77.7 Å². The first-order valence-electron chi connectivity index (χ1n) is 15.5. The maximum atomic E-state index is 5.72. The number of rotatable bonds is 5. The molecule has 0 saturated carbocycles. The lowest BCUT2D eigenvalue weighted by molar-refractivity contribution is 0.415. The third kappa shape index (κ3) is 4.33. The van der Waals surface area contributed by atoms with Gasteiger partial charge in [-0.2, -0.15) is 0 Å². The smallest absolute Gasteiger partial charge is 0.126 e. The lowest BCUT2D eigenvalue weighted by atomic mass is 9.75. The van der Waals surface area contributed by atoms with Gasteiger partial charge in [-0.3, -0.25) is 0 Å². The number of ether oxygens (including phenoxy) is 2. The molecule has 2 heteroatoms. The van der Waals surface area contributed by atoms with E-state index in [1.807, 2.05) is 6.07 Å². The third-order valence-electron chi connectivity index (χ3n) is 9.59. The van der Waals surface area contributed by atoms with E-state index in [2.05, 4.69) is 121 Å². The summed E-state index contributed by atoms with van der Waals surface area (Å²) in [5, 5.41) is 7.45. The van der Waals surface area contributed by atoms with Crippen molar-refractivity contribution < 1.29 is 9.47 Å². The van der Waals surface area contributed by atoms with E-state index in [0.717, 1.165) is 24.3 Å². The Morgan fingerprint density at radius 2 is 1.25 bits per heavy atom. The fraction of sp³-hybridized carbons (Fsp3) is 0.143. The molecule has 1 unspecified atom stereocenters. The Labute approximate surface area is 258 Å². The summed E-state index contributed by atoms with van der Waals surface area (Å²) >= 11 is 0. The molecule has 1 aliphatic rings. The van der Waals surface area contributed by atoms with Crippen molar-refractivity contribution in [2.75, 3.05) is 14.2 Å². The number of fused-ring (bicyclic) bond motifs is 4. The molecule has 0 saturated heterocycles. The normalized spacial score (nSPS) is 14.5. The van der Waals surface area contributed by atoms with Crippen molar-refractivity contribution in [1.82, 2.24) is 0 Å². The van der Waals surface area contributed by atoms with Gasteiger partial charge >= 0.3 is 0 Å². The summed E-state index contributed by atoms with van der Waals surface area (Å²) in [5.41, 5.74) is 9.50. The number of methoxy groups -OCH3 is 2. The van der Waals surface area contributed by atoms with Crippen LogP contribution >= 0.6 is 0 Å². The maximum Gasteiger partial charge on any atom is 0.126 e.